The number of carbonyl (C=O) groups excluding carboxylic acids is 1. The Morgan fingerprint density at radius 3 is 2.42 bits per heavy atom. The normalized spacial score (nSPS) is 35.1. The van der Waals surface area contributed by atoms with Crippen LogP contribution in [0.15, 0.2) is 0 Å². The molecule has 4 atom stereocenters. The summed E-state index contributed by atoms with van der Waals surface area (Å²) < 4.78 is 0. The van der Waals surface area contributed by atoms with Crippen molar-refractivity contribution in [2.45, 2.75) is 52.5 Å². The first kappa shape index (κ1) is 14.4. The van der Waals surface area contributed by atoms with Crippen LogP contribution in [0.4, 0.5) is 0 Å². The molecule has 19 heavy (non-hydrogen) atoms. The fraction of sp³-hybridized carbons (Fsp3) is 0.867. The van der Waals surface area contributed by atoms with Gasteiger partial charge in [-0.05, 0) is 37.5 Å². The number of carboxylic acids is 1. The molecule has 0 bridgehead atoms. The van der Waals surface area contributed by atoms with Gasteiger partial charge in [-0.3, -0.25) is 9.59 Å². The summed E-state index contributed by atoms with van der Waals surface area (Å²) in [5.74, 6) is -0.692. The van der Waals surface area contributed by atoms with Gasteiger partial charge in [0.05, 0.1) is 11.8 Å². The van der Waals surface area contributed by atoms with E-state index in [1.807, 2.05) is 11.8 Å². The van der Waals surface area contributed by atoms with Crippen LogP contribution in [0.3, 0.4) is 0 Å². The Labute approximate surface area is 115 Å². The summed E-state index contributed by atoms with van der Waals surface area (Å²) in [6.45, 7) is 7.14. The molecular formula is C15H25NO3. The predicted octanol–water partition coefficient (Wildman–Crippen LogP) is 2.38. The van der Waals surface area contributed by atoms with Crippen LogP contribution in [0, 0.1) is 23.7 Å². The molecule has 0 radical (unpaired) electrons. The van der Waals surface area contributed by atoms with Crippen molar-refractivity contribution in [3.63, 3.8) is 0 Å². The molecule has 1 heterocycles. The van der Waals surface area contributed by atoms with Crippen LogP contribution in [-0.4, -0.2) is 34.5 Å². The first-order chi connectivity index (χ1) is 8.91. The maximum absolute atomic E-state index is 12.7. The fourth-order valence-electron chi connectivity index (χ4n) is 3.81. The molecule has 4 heteroatoms. The second kappa shape index (κ2) is 5.51. The van der Waals surface area contributed by atoms with E-state index < -0.39 is 11.9 Å². The second-order valence-electron chi connectivity index (χ2n) is 6.61. The SMILES string of the molecule is CC1C[C@H](C(=O)N2CCCC2C(C)C)[C@H](C(=O)O)C1. The van der Waals surface area contributed by atoms with Crippen LogP contribution in [0.2, 0.25) is 0 Å². The number of hydrogen-bond donors (Lipinski definition) is 1. The summed E-state index contributed by atoms with van der Waals surface area (Å²) in [5, 5.41) is 9.30. The highest BCUT2D eigenvalue weighted by Gasteiger charge is 2.45. The first-order valence-corrected chi connectivity index (χ1v) is 7.45. The van der Waals surface area contributed by atoms with Gasteiger partial charge in [-0.15, -0.1) is 0 Å². The van der Waals surface area contributed by atoms with Crippen LogP contribution in [0.25, 0.3) is 0 Å². The third-order valence-electron chi connectivity index (χ3n) is 4.78. The quantitative estimate of drug-likeness (QED) is 0.854. The molecule has 0 spiro atoms. The van der Waals surface area contributed by atoms with Crippen molar-refractivity contribution in [2.75, 3.05) is 6.54 Å². The monoisotopic (exact) mass is 267 g/mol. The van der Waals surface area contributed by atoms with Gasteiger partial charge in [0.1, 0.15) is 0 Å². The van der Waals surface area contributed by atoms with Crippen molar-refractivity contribution in [3.8, 4) is 0 Å². The lowest BCUT2D eigenvalue weighted by Gasteiger charge is -2.31. The molecule has 1 aliphatic carbocycles. The summed E-state index contributed by atoms with van der Waals surface area (Å²) in [5.41, 5.74) is 0. The molecular weight excluding hydrogens is 242 g/mol. The Morgan fingerprint density at radius 1 is 1.21 bits per heavy atom. The Morgan fingerprint density at radius 2 is 1.84 bits per heavy atom. The highest BCUT2D eigenvalue weighted by atomic mass is 16.4. The molecule has 4 nitrogen and oxygen atoms in total. The Kier molecular flexibility index (Phi) is 4.16. The molecule has 1 amide bonds. The lowest BCUT2D eigenvalue weighted by molar-refractivity contribution is -0.149. The maximum atomic E-state index is 12.7. The summed E-state index contributed by atoms with van der Waals surface area (Å²) in [6, 6.07) is 0.304. The highest BCUT2D eigenvalue weighted by Crippen LogP contribution is 2.39. The summed E-state index contributed by atoms with van der Waals surface area (Å²) in [6.07, 6.45) is 3.49. The molecule has 1 saturated carbocycles. The van der Waals surface area contributed by atoms with E-state index in [4.69, 9.17) is 0 Å². The van der Waals surface area contributed by atoms with E-state index >= 15 is 0 Å². The van der Waals surface area contributed by atoms with E-state index in [0.29, 0.717) is 24.3 Å². The van der Waals surface area contributed by atoms with E-state index in [1.165, 1.54) is 0 Å². The number of aliphatic carboxylic acids is 1. The smallest absolute Gasteiger partial charge is 0.307 e. The molecule has 2 unspecified atom stereocenters. The number of hydrogen-bond acceptors (Lipinski definition) is 2. The Bertz CT molecular complexity index is 366. The van der Waals surface area contributed by atoms with Gasteiger partial charge in [-0.2, -0.15) is 0 Å². The van der Waals surface area contributed by atoms with Gasteiger partial charge in [-0.1, -0.05) is 20.8 Å². The largest absolute Gasteiger partial charge is 0.481 e. The number of rotatable bonds is 3. The van der Waals surface area contributed by atoms with Crippen molar-refractivity contribution in [1.29, 1.82) is 0 Å². The van der Waals surface area contributed by atoms with Crippen molar-refractivity contribution in [3.05, 3.63) is 0 Å². The van der Waals surface area contributed by atoms with E-state index in [2.05, 4.69) is 13.8 Å². The molecule has 0 aromatic carbocycles. The third kappa shape index (κ3) is 2.77. The molecule has 2 rings (SSSR count). The lowest BCUT2D eigenvalue weighted by atomic mass is 9.93. The predicted molar refractivity (Wildman–Crippen MR) is 72.6 cm³/mol. The molecule has 0 aromatic rings. The number of amides is 1. The summed E-state index contributed by atoms with van der Waals surface area (Å²) >= 11 is 0. The lowest BCUT2D eigenvalue weighted by Crippen LogP contribution is -2.43. The van der Waals surface area contributed by atoms with Crippen LogP contribution in [0.1, 0.15) is 46.5 Å². The van der Waals surface area contributed by atoms with E-state index in [0.717, 1.165) is 25.8 Å². The van der Waals surface area contributed by atoms with E-state index in [-0.39, 0.29) is 11.8 Å². The van der Waals surface area contributed by atoms with Crippen LogP contribution >= 0.6 is 0 Å². The first-order valence-electron chi connectivity index (χ1n) is 7.45. The van der Waals surface area contributed by atoms with E-state index in [1.54, 1.807) is 0 Å². The number of carboxylic acid groups (broad SMARTS) is 1. The van der Waals surface area contributed by atoms with Gasteiger partial charge in [0.15, 0.2) is 0 Å². The van der Waals surface area contributed by atoms with Gasteiger partial charge in [-0.25, -0.2) is 0 Å². The number of likely N-dealkylation sites (tertiary alicyclic amines) is 1. The topological polar surface area (TPSA) is 57.6 Å². The number of nitrogens with zero attached hydrogens (tertiary/aromatic N) is 1. The van der Waals surface area contributed by atoms with Crippen molar-refractivity contribution < 1.29 is 14.7 Å². The zero-order valence-electron chi connectivity index (χ0n) is 12.1. The highest BCUT2D eigenvalue weighted by molar-refractivity contribution is 5.85. The van der Waals surface area contributed by atoms with Gasteiger partial charge < -0.3 is 10.0 Å². The molecule has 1 aliphatic heterocycles. The van der Waals surface area contributed by atoms with Crippen molar-refractivity contribution >= 4 is 11.9 Å². The van der Waals surface area contributed by atoms with Crippen LogP contribution in [0.5, 0.6) is 0 Å². The molecule has 1 N–H and O–H groups in total. The van der Waals surface area contributed by atoms with Gasteiger partial charge in [0.25, 0.3) is 0 Å². The Hall–Kier alpha value is -1.06. The number of carbonyl (C=O) groups is 2. The van der Waals surface area contributed by atoms with Crippen molar-refractivity contribution in [1.82, 2.24) is 4.90 Å². The zero-order chi connectivity index (χ0) is 14.2. The minimum Gasteiger partial charge on any atom is -0.481 e. The minimum absolute atomic E-state index is 0.0907. The van der Waals surface area contributed by atoms with Gasteiger partial charge in [0.2, 0.25) is 5.91 Å². The molecule has 108 valence electrons. The molecule has 2 aliphatic rings. The molecule has 0 aromatic heterocycles. The third-order valence-corrected chi connectivity index (χ3v) is 4.78. The van der Waals surface area contributed by atoms with Crippen molar-refractivity contribution in [2.24, 2.45) is 23.7 Å². The standard InChI is InChI=1S/C15H25NO3/c1-9(2)13-5-4-6-16(13)14(17)11-7-10(3)8-12(11)15(18)19/h9-13H,4-8H2,1-3H3,(H,18,19)/t10?,11-,12+,13?/m0/s1. The van der Waals surface area contributed by atoms with E-state index in [9.17, 15) is 14.7 Å². The molecule has 2 fully saturated rings. The maximum Gasteiger partial charge on any atom is 0.307 e. The molecule has 1 saturated heterocycles. The average Bonchev–Trinajstić information content (AvgIpc) is 2.93. The van der Waals surface area contributed by atoms with Crippen LogP contribution < -0.4 is 0 Å². The second-order valence-corrected chi connectivity index (χ2v) is 6.61. The average molecular weight is 267 g/mol. The minimum atomic E-state index is -0.803. The Balaban J connectivity index is 2.12. The fourth-order valence-corrected chi connectivity index (χ4v) is 3.81. The van der Waals surface area contributed by atoms with Gasteiger partial charge >= 0.3 is 5.97 Å². The zero-order valence-corrected chi connectivity index (χ0v) is 12.1. The van der Waals surface area contributed by atoms with Gasteiger partial charge in [0, 0.05) is 12.6 Å². The summed E-state index contributed by atoms with van der Waals surface area (Å²) in [4.78, 5) is 26.0. The van der Waals surface area contributed by atoms with Crippen LogP contribution in [-0.2, 0) is 9.59 Å². The summed E-state index contributed by atoms with van der Waals surface area (Å²) in [7, 11) is 0.